The smallest absolute Gasteiger partial charge is 0.417 e. The molecule has 1 saturated heterocycles. The van der Waals surface area contributed by atoms with Crippen LogP contribution in [0, 0.1) is 0 Å². The van der Waals surface area contributed by atoms with Crippen LogP contribution >= 0.6 is 0 Å². The van der Waals surface area contributed by atoms with Gasteiger partial charge in [-0.05, 0) is 18.6 Å². The number of rotatable bonds is 2. The van der Waals surface area contributed by atoms with Gasteiger partial charge in [0.15, 0.2) is 0 Å². The molecule has 0 saturated carbocycles. The average Bonchev–Trinajstić information content (AvgIpc) is 2.69. The topological polar surface area (TPSA) is 42.4 Å². The molecule has 0 radical (unpaired) electrons. The van der Waals surface area contributed by atoms with E-state index in [0.29, 0.717) is 18.7 Å². The zero-order chi connectivity index (χ0) is 15.9. The molecule has 1 aromatic heterocycles. The highest BCUT2D eigenvalue weighted by atomic mass is 19.4. The number of nitrogens with zero attached hydrogens (tertiary/aromatic N) is 2. The van der Waals surface area contributed by atoms with Crippen LogP contribution < -0.4 is 4.90 Å². The van der Waals surface area contributed by atoms with Crippen LogP contribution in [-0.4, -0.2) is 23.1 Å². The van der Waals surface area contributed by atoms with E-state index in [4.69, 9.17) is 4.74 Å². The lowest BCUT2D eigenvalue weighted by Gasteiger charge is -2.37. The van der Waals surface area contributed by atoms with Crippen molar-refractivity contribution in [3.05, 3.63) is 35.7 Å². The molecule has 2 aliphatic rings. The first-order chi connectivity index (χ1) is 10.3. The molecule has 3 heterocycles. The summed E-state index contributed by atoms with van der Waals surface area (Å²) >= 11 is 0. The molecule has 0 aromatic carbocycles. The molecule has 2 aliphatic heterocycles. The fourth-order valence-electron chi connectivity index (χ4n) is 3.07. The molecule has 0 amide bonds. The number of alkyl halides is 3. The summed E-state index contributed by atoms with van der Waals surface area (Å²) in [6, 6.07) is 2.51. The van der Waals surface area contributed by atoms with E-state index < -0.39 is 11.7 Å². The Hall–Kier alpha value is -2.05. The summed E-state index contributed by atoms with van der Waals surface area (Å²) in [5.41, 5.74) is 0.196. The summed E-state index contributed by atoms with van der Waals surface area (Å²) in [5, 5.41) is 0. The van der Waals surface area contributed by atoms with Gasteiger partial charge in [0.05, 0.1) is 5.56 Å². The number of halogens is 3. The van der Waals surface area contributed by atoms with Gasteiger partial charge in [0, 0.05) is 37.7 Å². The highest BCUT2D eigenvalue weighted by Crippen LogP contribution is 2.39. The molecular weight excluding hydrogens is 297 g/mol. The number of piperidine rings is 1. The van der Waals surface area contributed by atoms with Gasteiger partial charge in [0.1, 0.15) is 11.9 Å². The number of pyridine rings is 1. The van der Waals surface area contributed by atoms with Crippen LogP contribution in [-0.2, 0) is 15.7 Å². The van der Waals surface area contributed by atoms with Gasteiger partial charge in [-0.1, -0.05) is 6.08 Å². The number of hydrogen-bond acceptors (Lipinski definition) is 4. The van der Waals surface area contributed by atoms with E-state index in [1.807, 2.05) is 11.0 Å². The Labute approximate surface area is 125 Å². The van der Waals surface area contributed by atoms with Crippen LogP contribution in [0.1, 0.15) is 31.7 Å². The summed E-state index contributed by atoms with van der Waals surface area (Å²) in [4.78, 5) is 17.0. The maximum absolute atomic E-state index is 12.6. The minimum Gasteiger partial charge on any atom is -0.462 e. The normalized spacial score (nSPS) is 24.2. The summed E-state index contributed by atoms with van der Waals surface area (Å²) < 4.78 is 43.0. The van der Waals surface area contributed by atoms with Gasteiger partial charge in [-0.25, -0.2) is 4.98 Å². The van der Waals surface area contributed by atoms with Crippen molar-refractivity contribution in [1.82, 2.24) is 4.98 Å². The largest absolute Gasteiger partial charge is 0.462 e. The first kappa shape index (κ1) is 14.9. The Morgan fingerprint density at radius 2 is 2.18 bits per heavy atom. The molecule has 3 rings (SSSR count). The van der Waals surface area contributed by atoms with E-state index >= 15 is 0 Å². The number of carbonyl (C=O) groups excluding carboxylic acids is 1. The van der Waals surface area contributed by atoms with Crippen LogP contribution in [0.25, 0.3) is 0 Å². The van der Waals surface area contributed by atoms with Crippen molar-refractivity contribution in [2.75, 3.05) is 4.90 Å². The summed E-state index contributed by atoms with van der Waals surface area (Å²) in [6.07, 6.45) is 0.353. The van der Waals surface area contributed by atoms with E-state index in [1.165, 1.54) is 13.0 Å². The van der Waals surface area contributed by atoms with Crippen molar-refractivity contribution in [2.24, 2.45) is 0 Å². The maximum atomic E-state index is 12.6. The highest BCUT2D eigenvalue weighted by molar-refractivity contribution is 5.66. The molecule has 0 unspecified atom stereocenters. The molecule has 118 valence electrons. The highest BCUT2D eigenvalue weighted by Gasteiger charge is 2.38. The van der Waals surface area contributed by atoms with E-state index in [2.05, 4.69) is 4.98 Å². The molecule has 1 fully saturated rings. The molecule has 2 bridgehead atoms. The lowest BCUT2D eigenvalue weighted by molar-refractivity contribution is -0.147. The lowest BCUT2D eigenvalue weighted by atomic mass is 10.0. The number of ether oxygens (including phenoxy) is 1. The number of anilines is 1. The predicted molar refractivity (Wildman–Crippen MR) is 73.0 cm³/mol. The van der Waals surface area contributed by atoms with Crippen LogP contribution in [0.4, 0.5) is 19.0 Å². The third kappa shape index (κ3) is 2.80. The number of esters is 1. The third-order valence-electron chi connectivity index (χ3n) is 3.93. The second-order valence-corrected chi connectivity index (χ2v) is 5.53. The van der Waals surface area contributed by atoms with Gasteiger partial charge in [-0.2, -0.15) is 13.2 Å². The van der Waals surface area contributed by atoms with Gasteiger partial charge in [0.2, 0.25) is 0 Å². The minimum atomic E-state index is -4.38. The first-order valence-electron chi connectivity index (χ1n) is 7.03. The average molecular weight is 312 g/mol. The molecule has 4 nitrogen and oxygen atoms in total. The zero-order valence-electron chi connectivity index (χ0n) is 11.9. The monoisotopic (exact) mass is 312 g/mol. The number of aromatic nitrogens is 1. The summed E-state index contributed by atoms with van der Waals surface area (Å²) in [5.74, 6) is 0.189. The molecule has 2 atom stereocenters. The van der Waals surface area contributed by atoms with Crippen molar-refractivity contribution in [3.8, 4) is 0 Å². The first-order valence-corrected chi connectivity index (χ1v) is 7.03. The Kier molecular flexibility index (Phi) is 3.58. The van der Waals surface area contributed by atoms with E-state index in [1.54, 1.807) is 0 Å². The lowest BCUT2D eigenvalue weighted by Crippen LogP contribution is -2.40. The Balaban J connectivity index is 1.77. The zero-order valence-corrected chi connectivity index (χ0v) is 11.9. The third-order valence-corrected chi connectivity index (χ3v) is 3.93. The van der Waals surface area contributed by atoms with Gasteiger partial charge in [-0.3, -0.25) is 4.79 Å². The van der Waals surface area contributed by atoms with Crippen molar-refractivity contribution in [3.63, 3.8) is 0 Å². The van der Waals surface area contributed by atoms with Crippen LogP contribution in [0.5, 0.6) is 0 Å². The van der Waals surface area contributed by atoms with Crippen molar-refractivity contribution in [1.29, 1.82) is 0 Å². The second-order valence-electron chi connectivity index (χ2n) is 5.53. The van der Waals surface area contributed by atoms with Gasteiger partial charge >= 0.3 is 12.1 Å². The molecule has 7 heteroatoms. The standard InChI is InChI=1S/C15H15F3N2O2/c1-9(21)22-13-6-11-3-4-12(7-13)20(11)14-5-2-10(8-19-14)15(16,17)18/h2-3,5,8,12-13H,4,6-7H2,1H3/t12-,13+/m0/s1. The summed E-state index contributed by atoms with van der Waals surface area (Å²) in [6.45, 7) is 1.38. The quantitative estimate of drug-likeness (QED) is 0.786. The molecule has 0 N–H and O–H groups in total. The Morgan fingerprint density at radius 3 is 2.73 bits per heavy atom. The fourth-order valence-corrected chi connectivity index (χ4v) is 3.07. The second kappa shape index (κ2) is 5.30. The number of fused-ring (bicyclic) bond motifs is 2. The van der Waals surface area contributed by atoms with E-state index in [9.17, 15) is 18.0 Å². The van der Waals surface area contributed by atoms with E-state index in [-0.39, 0.29) is 18.1 Å². The predicted octanol–water partition coefficient (Wildman–Crippen LogP) is 3.29. The SMILES string of the molecule is CC(=O)O[C@@H]1CC2=CC[C@@H](C1)N2c1ccc(C(F)(F)F)cn1. The number of hydrogen-bond donors (Lipinski definition) is 0. The molecule has 0 spiro atoms. The van der Waals surface area contributed by atoms with Crippen molar-refractivity contribution in [2.45, 2.75) is 44.5 Å². The molecule has 1 aromatic rings. The summed E-state index contributed by atoms with van der Waals surface area (Å²) in [7, 11) is 0. The Morgan fingerprint density at radius 1 is 1.41 bits per heavy atom. The van der Waals surface area contributed by atoms with Gasteiger partial charge < -0.3 is 9.64 Å². The van der Waals surface area contributed by atoms with Crippen LogP contribution in [0.15, 0.2) is 30.1 Å². The Bertz CT molecular complexity index is 610. The van der Waals surface area contributed by atoms with Gasteiger partial charge in [-0.15, -0.1) is 0 Å². The molecule has 22 heavy (non-hydrogen) atoms. The number of carbonyl (C=O) groups is 1. The van der Waals surface area contributed by atoms with E-state index in [0.717, 1.165) is 24.4 Å². The fraction of sp³-hybridized carbons (Fsp3) is 0.467. The van der Waals surface area contributed by atoms with Crippen molar-refractivity contribution >= 4 is 11.8 Å². The van der Waals surface area contributed by atoms with Crippen LogP contribution in [0.2, 0.25) is 0 Å². The van der Waals surface area contributed by atoms with Gasteiger partial charge in [0.25, 0.3) is 0 Å². The van der Waals surface area contributed by atoms with Crippen molar-refractivity contribution < 1.29 is 22.7 Å². The molecular formula is C15H15F3N2O2. The maximum Gasteiger partial charge on any atom is 0.417 e. The minimum absolute atomic E-state index is 0.0809. The molecule has 0 aliphatic carbocycles. The van der Waals surface area contributed by atoms with Crippen LogP contribution in [0.3, 0.4) is 0 Å².